The molecule has 1 aliphatic rings. The molecule has 0 saturated carbocycles. The zero-order chi connectivity index (χ0) is 16.2. The van der Waals surface area contributed by atoms with Gasteiger partial charge in [-0.15, -0.1) is 0 Å². The van der Waals surface area contributed by atoms with Gasteiger partial charge in [0.25, 0.3) is 5.91 Å². The molecule has 0 bridgehead atoms. The highest BCUT2D eigenvalue weighted by Crippen LogP contribution is 2.19. The SMILES string of the molecule is CCCNc1cnc(C(=O)N(CC)C2CCS(=O)(=O)C2)cn1. The van der Waals surface area contributed by atoms with Gasteiger partial charge in [0, 0.05) is 19.1 Å². The fourth-order valence-electron chi connectivity index (χ4n) is 2.52. The van der Waals surface area contributed by atoms with Gasteiger partial charge in [-0.05, 0) is 19.8 Å². The normalized spacial score (nSPS) is 19.8. The lowest BCUT2D eigenvalue weighted by Gasteiger charge is -2.26. The van der Waals surface area contributed by atoms with Crippen LogP contribution in [0.5, 0.6) is 0 Å². The lowest BCUT2D eigenvalue weighted by molar-refractivity contribution is 0.0702. The van der Waals surface area contributed by atoms with Gasteiger partial charge in [-0.1, -0.05) is 6.92 Å². The van der Waals surface area contributed by atoms with Gasteiger partial charge in [0.15, 0.2) is 9.84 Å². The van der Waals surface area contributed by atoms with E-state index >= 15 is 0 Å². The fraction of sp³-hybridized carbons (Fsp3) is 0.643. The Bertz CT molecular complexity index is 615. The largest absolute Gasteiger partial charge is 0.369 e. The summed E-state index contributed by atoms with van der Waals surface area (Å²) < 4.78 is 23.2. The number of anilines is 1. The second-order valence-electron chi connectivity index (χ2n) is 5.36. The van der Waals surface area contributed by atoms with Crippen molar-refractivity contribution in [1.29, 1.82) is 0 Å². The van der Waals surface area contributed by atoms with E-state index in [1.54, 1.807) is 4.90 Å². The van der Waals surface area contributed by atoms with E-state index in [1.807, 2.05) is 13.8 Å². The molecule has 0 radical (unpaired) electrons. The number of sulfone groups is 1. The van der Waals surface area contributed by atoms with Crippen LogP contribution in [0.4, 0.5) is 5.82 Å². The van der Waals surface area contributed by atoms with Crippen molar-refractivity contribution < 1.29 is 13.2 Å². The minimum Gasteiger partial charge on any atom is -0.369 e. The predicted octanol–water partition coefficient (Wildman–Crippen LogP) is 0.948. The van der Waals surface area contributed by atoms with Crippen LogP contribution in [0.1, 0.15) is 37.2 Å². The van der Waals surface area contributed by atoms with E-state index < -0.39 is 9.84 Å². The highest BCUT2D eigenvalue weighted by Gasteiger charge is 2.34. The maximum absolute atomic E-state index is 12.5. The third-order valence-corrected chi connectivity index (χ3v) is 5.43. The summed E-state index contributed by atoms with van der Waals surface area (Å²) in [6.07, 6.45) is 4.43. The minimum atomic E-state index is -3.02. The van der Waals surface area contributed by atoms with E-state index in [0.29, 0.717) is 18.8 Å². The molecule has 1 aromatic heterocycles. The Morgan fingerprint density at radius 1 is 1.36 bits per heavy atom. The summed E-state index contributed by atoms with van der Waals surface area (Å²) in [5.41, 5.74) is 0.244. The molecule has 1 aromatic rings. The number of carbonyl (C=O) groups is 1. The van der Waals surface area contributed by atoms with Crippen LogP contribution in [0.25, 0.3) is 0 Å². The van der Waals surface area contributed by atoms with Crippen LogP contribution in [-0.2, 0) is 9.84 Å². The summed E-state index contributed by atoms with van der Waals surface area (Å²) in [5, 5.41) is 3.09. The Morgan fingerprint density at radius 3 is 2.64 bits per heavy atom. The van der Waals surface area contributed by atoms with Crippen LogP contribution in [0.2, 0.25) is 0 Å². The van der Waals surface area contributed by atoms with Crippen molar-refractivity contribution in [2.75, 3.05) is 29.9 Å². The molecule has 1 fully saturated rings. The van der Waals surface area contributed by atoms with Crippen LogP contribution in [0, 0.1) is 0 Å². The zero-order valence-corrected chi connectivity index (χ0v) is 13.8. The maximum Gasteiger partial charge on any atom is 0.274 e. The first-order valence-corrected chi connectivity index (χ1v) is 9.36. The smallest absolute Gasteiger partial charge is 0.274 e. The van der Waals surface area contributed by atoms with Gasteiger partial charge in [0.2, 0.25) is 0 Å². The van der Waals surface area contributed by atoms with E-state index in [9.17, 15) is 13.2 Å². The molecule has 8 heteroatoms. The zero-order valence-electron chi connectivity index (χ0n) is 12.9. The Morgan fingerprint density at radius 2 is 2.14 bits per heavy atom. The van der Waals surface area contributed by atoms with Crippen LogP contribution in [0.15, 0.2) is 12.4 Å². The lowest BCUT2D eigenvalue weighted by atomic mass is 10.2. The quantitative estimate of drug-likeness (QED) is 0.836. The minimum absolute atomic E-state index is 0.0378. The summed E-state index contributed by atoms with van der Waals surface area (Å²) in [5.74, 6) is 0.549. The Kier molecular flexibility index (Phi) is 5.33. The van der Waals surface area contributed by atoms with Crippen LogP contribution >= 0.6 is 0 Å². The Hall–Kier alpha value is -1.70. The monoisotopic (exact) mass is 326 g/mol. The van der Waals surface area contributed by atoms with Crippen LogP contribution in [0.3, 0.4) is 0 Å². The Balaban J connectivity index is 2.08. The van der Waals surface area contributed by atoms with E-state index in [0.717, 1.165) is 13.0 Å². The standard InChI is InChI=1S/C14H22N4O3S/c1-3-6-15-13-9-16-12(8-17-13)14(19)18(4-2)11-5-7-22(20,21)10-11/h8-9,11H,3-7,10H2,1-2H3,(H,15,17). The average molecular weight is 326 g/mol. The summed E-state index contributed by atoms with van der Waals surface area (Å²) in [6.45, 7) is 5.14. The van der Waals surface area contributed by atoms with E-state index in [4.69, 9.17) is 0 Å². The highest BCUT2D eigenvalue weighted by atomic mass is 32.2. The summed E-state index contributed by atoms with van der Waals surface area (Å²) in [4.78, 5) is 22.4. The van der Waals surface area contributed by atoms with Crippen molar-refractivity contribution in [2.24, 2.45) is 0 Å². The highest BCUT2D eigenvalue weighted by molar-refractivity contribution is 7.91. The van der Waals surface area contributed by atoms with Gasteiger partial charge in [0.05, 0.1) is 23.9 Å². The number of aromatic nitrogens is 2. The first-order valence-electron chi connectivity index (χ1n) is 7.54. The number of hydrogen-bond donors (Lipinski definition) is 1. The molecule has 7 nitrogen and oxygen atoms in total. The summed E-state index contributed by atoms with van der Waals surface area (Å²) in [6, 6.07) is -0.262. The Labute approximate surface area is 131 Å². The van der Waals surface area contributed by atoms with Crippen molar-refractivity contribution >= 4 is 21.6 Å². The van der Waals surface area contributed by atoms with Gasteiger partial charge in [-0.25, -0.2) is 18.4 Å². The topological polar surface area (TPSA) is 92.3 Å². The van der Waals surface area contributed by atoms with Gasteiger partial charge in [0.1, 0.15) is 11.5 Å². The molecule has 0 spiro atoms. The molecule has 1 N–H and O–H groups in total. The van der Waals surface area contributed by atoms with Crippen molar-refractivity contribution in [3.63, 3.8) is 0 Å². The fourth-order valence-corrected chi connectivity index (χ4v) is 4.25. The second kappa shape index (κ2) is 7.04. The van der Waals surface area contributed by atoms with Gasteiger partial charge in [-0.2, -0.15) is 0 Å². The van der Waals surface area contributed by atoms with E-state index in [2.05, 4.69) is 15.3 Å². The van der Waals surface area contributed by atoms with Crippen molar-refractivity contribution in [3.05, 3.63) is 18.1 Å². The van der Waals surface area contributed by atoms with Gasteiger partial charge in [-0.3, -0.25) is 4.79 Å². The number of hydrogen-bond acceptors (Lipinski definition) is 6. The molecule has 1 amide bonds. The molecule has 0 aliphatic carbocycles. The molecule has 2 heterocycles. The molecule has 1 aliphatic heterocycles. The molecule has 1 atom stereocenters. The number of nitrogens with one attached hydrogen (secondary N) is 1. The van der Waals surface area contributed by atoms with E-state index in [-0.39, 0.29) is 29.1 Å². The number of rotatable bonds is 6. The number of carbonyl (C=O) groups excluding carboxylic acids is 1. The average Bonchev–Trinajstić information content (AvgIpc) is 2.86. The molecule has 2 rings (SSSR count). The molecule has 1 unspecified atom stereocenters. The predicted molar refractivity (Wildman–Crippen MR) is 84.6 cm³/mol. The number of amides is 1. The molecule has 22 heavy (non-hydrogen) atoms. The van der Waals surface area contributed by atoms with E-state index in [1.165, 1.54) is 12.4 Å². The van der Waals surface area contributed by atoms with Crippen LogP contribution < -0.4 is 5.32 Å². The third-order valence-electron chi connectivity index (χ3n) is 3.68. The molecule has 122 valence electrons. The second-order valence-corrected chi connectivity index (χ2v) is 7.59. The van der Waals surface area contributed by atoms with Gasteiger partial charge < -0.3 is 10.2 Å². The first-order chi connectivity index (χ1) is 10.5. The lowest BCUT2D eigenvalue weighted by Crippen LogP contribution is -2.41. The summed E-state index contributed by atoms with van der Waals surface area (Å²) in [7, 11) is -3.02. The third kappa shape index (κ3) is 3.94. The molecule has 0 aromatic carbocycles. The number of nitrogens with zero attached hydrogens (tertiary/aromatic N) is 3. The van der Waals surface area contributed by atoms with Gasteiger partial charge >= 0.3 is 0 Å². The van der Waals surface area contributed by atoms with Crippen molar-refractivity contribution in [2.45, 2.75) is 32.7 Å². The van der Waals surface area contributed by atoms with Crippen molar-refractivity contribution in [1.82, 2.24) is 14.9 Å². The molecule has 1 saturated heterocycles. The summed E-state index contributed by atoms with van der Waals surface area (Å²) >= 11 is 0. The molecular weight excluding hydrogens is 304 g/mol. The van der Waals surface area contributed by atoms with Crippen LogP contribution in [-0.4, -0.2) is 59.8 Å². The molecular formula is C14H22N4O3S. The first kappa shape index (κ1) is 16.7. The maximum atomic E-state index is 12.5. The van der Waals surface area contributed by atoms with Crippen molar-refractivity contribution in [3.8, 4) is 0 Å².